The van der Waals surface area contributed by atoms with E-state index in [9.17, 15) is 4.79 Å². The lowest BCUT2D eigenvalue weighted by Gasteiger charge is -2.21. The minimum absolute atomic E-state index is 0.247. The molecule has 0 unspecified atom stereocenters. The Morgan fingerprint density at radius 2 is 2.25 bits per heavy atom. The van der Waals surface area contributed by atoms with Gasteiger partial charge in [-0.1, -0.05) is 13.0 Å². The van der Waals surface area contributed by atoms with Gasteiger partial charge >= 0.3 is 0 Å². The van der Waals surface area contributed by atoms with Crippen molar-refractivity contribution in [3.63, 3.8) is 0 Å². The first-order valence-corrected chi connectivity index (χ1v) is 8.79. The predicted molar refractivity (Wildman–Crippen MR) is 85.3 cm³/mol. The van der Waals surface area contributed by atoms with Gasteiger partial charge in [0.2, 0.25) is 5.91 Å². The molecule has 0 radical (unpaired) electrons. The number of aryl methyl sites for hydroxylation is 1. The van der Waals surface area contributed by atoms with Crippen molar-refractivity contribution in [2.75, 3.05) is 13.1 Å². The fourth-order valence-corrected chi connectivity index (χ4v) is 3.38. The van der Waals surface area contributed by atoms with E-state index in [4.69, 9.17) is 0 Å². The van der Waals surface area contributed by atoms with Crippen molar-refractivity contribution in [3.05, 3.63) is 39.0 Å². The van der Waals surface area contributed by atoms with Gasteiger partial charge in [0, 0.05) is 29.8 Å². The summed E-state index contributed by atoms with van der Waals surface area (Å²) in [6.07, 6.45) is 3.28. The summed E-state index contributed by atoms with van der Waals surface area (Å²) in [7, 11) is 0. The molecule has 0 aliphatic rings. The maximum Gasteiger partial charge on any atom is 0.222 e. The molecule has 0 aliphatic carbocycles. The maximum absolute atomic E-state index is 12.3. The SMILES string of the molecule is CCCN(CCc1cccs1)C(=O)CCc1cscn1. The van der Waals surface area contributed by atoms with E-state index in [0.717, 1.165) is 38.0 Å². The van der Waals surface area contributed by atoms with E-state index in [0.29, 0.717) is 6.42 Å². The molecule has 5 heteroatoms. The smallest absolute Gasteiger partial charge is 0.222 e. The van der Waals surface area contributed by atoms with Crippen molar-refractivity contribution in [1.29, 1.82) is 0 Å². The topological polar surface area (TPSA) is 33.2 Å². The molecule has 2 aromatic heterocycles. The largest absolute Gasteiger partial charge is 0.342 e. The van der Waals surface area contributed by atoms with Crippen molar-refractivity contribution in [2.45, 2.75) is 32.6 Å². The van der Waals surface area contributed by atoms with Crippen LogP contribution in [-0.2, 0) is 17.6 Å². The lowest BCUT2D eigenvalue weighted by Crippen LogP contribution is -2.33. The Kier molecular flexibility index (Phi) is 6.21. The van der Waals surface area contributed by atoms with Crippen molar-refractivity contribution in [1.82, 2.24) is 9.88 Å². The zero-order valence-electron chi connectivity index (χ0n) is 11.7. The average molecular weight is 308 g/mol. The number of amides is 1. The summed E-state index contributed by atoms with van der Waals surface area (Å²) >= 11 is 3.34. The first-order valence-electron chi connectivity index (χ1n) is 6.97. The van der Waals surface area contributed by atoms with Gasteiger partial charge in [0.05, 0.1) is 11.2 Å². The summed E-state index contributed by atoms with van der Waals surface area (Å²) in [6, 6.07) is 4.20. The predicted octanol–water partition coefficient (Wildman–Crippen LogP) is 3.62. The number of hydrogen-bond donors (Lipinski definition) is 0. The fraction of sp³-hybridized carbons (Fsp3) is 0.467. The second-order valence-electron chi connectivity index (χ2n) is 4.69. The lowest BCUT2D eigenvalue weighted by molar-refractivity contribution is -0.131. The van der Waals surface area contributed by atoms with Crippen LogP contribution in [0.15, 0.2) is 28.4 Å². The minimum Gasteiger partial charge on any atom is -0.342 e. The maximum atomic E-state index is 12.3. The summed E-state index contributed by atoms with van der Waals surface area (Å²) in [5, 5.41) is 4.10. The molecule has 2 heterocycles. The van der Waals surface area contributed by atoms with Crippen LogP contribution in [0.25, 0.3) is 0 Å². The van der Waals surface area contributed by atoms with Gasteiger partial charge in [-0.25, -0.2) is 4.98 Å². The van der Waals surface area contributed by atoms with Crippen LogP contribution in [-0.4, -0.2) is 28.9 Å². The molecule has 108 valence electrons. The summed E-state index contributed by atoms with van der Waals surface area (Å²) in [5.74, 6) is 0.247. The van der Waals surface area contributed by atoms with Crippen LogP contribution in [0.4, 0.5) is 0 Å². The molecule has 2 rings (SSSR count). The number of carbonyl (C=O) groups is 1. The van der Waals surface area contributed by atoms with E-state index in [1.807, 2.05) is 15.8 Å². The fourth-order valence-electron chi connectivity index (χ4n) is 2.09. The normalized spacial score (nSPS) is 10.7. The number of rotatable bonds is 8. The highest BCUT2D eigenvalue weighted by atomic mass is 32.1. The Balaban J connectivity index is 1.81. The molecule has 20 heavy (non-hydrogen) atoms. The Morgan fingerprint density at radius 1 is 1.35 bits per heavy atom. The Labute approximate surface area is 128 Å². The van der Waals surface area contributed by atoms with Crippen LogP contribution in [0.5, 0.6) is 0 Å². The first kappa shape index (κ1) is 15.2. The number of thiophene rings is 1. The third-order valence-corrected chi connectivity index (χ3v) is 4.70. The van der Waals surface area contributed by atoms with Crippen LogP contribution in [0.1, 0.15) is 30.3 Å². The van der Waals surface area contributed by atoms with E-state index >= 15 is 0 Å². The molecule has 0 saturated heterocycles. The van der Waals surface area contributed by atoms with Crippen LogP contribution in [0.2, 0.25) is 0 Å². The first-order chi connectivity index (χ1) is 9.79. The molecule has 0 atom stereocenters. The molecule has 0 saturated carbocycles. The highest BCUT2D eigenvalue weighted by molar-refractivity contribution is 7.09. The van der Waals surface area contributed by atoms with Crippen molar-refractivity contribution < 1.29 is 4.79 Å². The van der Waals surface area contributed by atoms with Gasteiger partial charge < -0.3 is 4.90 Å². The summed E-state index contributed by atoms with van der Waals surface area (Å²) in [5.41, 5.74) is 2.85. The molecular weight excluding hydrogens is 288 g/mol. The van der Waals surface area contributed by atoms with Gasteiger partial charge in [0.15, 0.2) is 0 Å². The van der Waals surface area contributed by atoms with E-state index in [1.54, 1.807) is 22.7 Å². The molecule has 0 aliphatic heterocycles. The molecule has 0 bridgehead atoms. The standard InChI is InChI=1S/C15H20N2OS2/c1-2-8-17(9-7-14-4-3-10-20-14)15(18)6-5-13-11-19-12-16-13/h3-4,10-12H,2,5-9H2,1H3. The van der Waals surface area contributed by atoms with Crippen LogP contribution in [0, 0.1) is 0 Å². The van der Waals surface area contributed by atoms with Crippen LogP contribution < -0.4 is 0 Å². The molecule has 2 aromatic rings. The summed E-state index contributed by atoms with van der Waals surface area (Å²) in [4.78, 5) is 19.9. The van der Waals surface area contributed by atoms with Crippen LogP contribution in [0.3, 0.4) is 0 Å². The molecule has 0 spiro atoms. The van der Waals surface area contributed by atoms with Crippen molar-refractivity contribution in [2.24, 2.45) is 0 Å². The minimum atomic E-state index is 0.247. The second-order valence-corrected chi connectivity index (χ2v) is 6.44. The van der Waals surface area contributed by atoms with Gasteiger partial charge in [-0.05, 0) is 30.7 Å². The Morgan fingerprint density at radius 3 is 2.90 bits per heavy atom. The number of thiazole rings is 1. The third-order valence-electron chi connectivity index (χ3n) is 3.13. The highest BCUT2D eigenvalue weighted by Gasteiger charge is 2.13. The lowest BCUT2D eigenvalue weighted by atomic mass is 10.2. The number of hydrogen-bond acceptors (Lipinski definition) is 4. The zero-order valence-corrected chi connectivity index (χ0v) is 13.4. The highest BCUT2D eigenvalue weighted by Crippen LogP contribution is 2.11. The zero-order chi connectivity index (χ0) is 14.2. The van der Waals surface area contributed by atoms with E-state index in [-0.39, 0.29) is 5.91 Å². The van der Waals surface area contributed by atoms with Gasteiger partial charge in [-0.15, -0.1) is 22.7 Å². The summed E-state index contributed by atoms with van der Waals surface area (Å²) < 4.78 is 0. The van der Waals surface area contributed by atoms with Gasteiger partial charge in [0.1, 0.15) is 0 Å². The second kappa shape index (κ2) is 8.17. The molecule has 0 aromatic carbocycles. The van der Waals surface area contributed by atoms with E-state index < -0.39 is 0 Å². The van der Waals surface area contributed by atoms with E-state index in [1.165, 1.54) is 4.88 Å². The third kappa shape index (κ3) is 4.72. The van der Waals surface area contributed by atoms with E-state index in [2.05, 4.69) is 29.4 Å². The number of carbonyl (C=O) groups excluding carboxylic acids is 1. The van der Waals surface area contributed by atoms with Crippen LogP contribution >= 0.6 is 22.7 Å². The number of nitrogens with zero attached hydrogens (tertiary/aromatic N) is 2. The monoisotopic (exact) mass is 308 g/mol. The molecule has 3 nitrogen and oxygen atoms in total. The number of aromatic nitrogens is 1. The Bertz CT molecular complexity index is 494. The molecule has 0 fully saturated rings. The van der Waals surface area contributed by atoms with Crippen molar-refractivity contribution >= 4 is 28.6 Å². The van der Waals surface area contributed by atoms with Crippen molar-refractivity contribution in [3.8, 4) is 0 Å². The summed E-state index contributed by atoms with van der Waals surface area (Å²) in [6.45, 7) is 3.79. The van der Waals surface area contributed by atoms with Gasteiger partial charge in [-0.3, -0.25) is 4.79 Å². The molecule has 0 N–H and O–H groups in total. The molecular formula is C15H20N2OS2. The average Bonchev–Trinajstić information content (AvgIpc) is 3.13. The van der Waals surface area contributed by atoms with Gasteiger partial charge in [-0.2, -0.15) is 0 Å². The quantitative estimate of drug-likeness (QED) is 0.746. The van der Waals surface area contributed by atoms with Gasteiger partial charge in [0.25, 0.3) is 0 Å². The Hall–Kier alpha value is -1.20. The molecule has 1 amide bonds.